The SMILES string of the molecule is C[C@H]1[C@H](NC(=O)c2ncc(Oc3ccc(Cl)cc3)s2)C2CCN1CC2. The number of rotatable bonds is 4. The van der Waals surface area contributed by atoms with Gasteiger partial charge >= 0.3 is 0 Å². The smallest absolute Gasteiger partial charge is 0.280 e. The van der Waals surface area contributed by atoms with Gasteiger partial charge in [-0.1, -0.05) is 22.9 Å². The first-order valence-corrected chi connectivity index (χ1v) is 9.74. The summed E-state index contributed by atoms with van der Waals surface area (Å²) in [6, 6.07) is 7.70. The van der Waals surface area contributed by atoms with Gasteiger partial charge in [-0.3, -0.25) is 9.69 Å². The minimum atomic E-state index is -0.110. The lowest BCUT2D eigenvalue weighted by molar-refractivity contribution is 0.0217. The summed E-state index contributed by atoms with van der Waals surface area (Å²) in [5.74, 6) is 1.14. The molecule has 1 N–H and O–H groups in total. The van der Waals surface area contributed by atoms with E-state index in [9.17, 15) is 4.79 Å². The Balaban J connectivity index is 1.41. The number of amides is 1. The number of carbonyl (C=O) groups excluding carboxylic acids is 1. The minimum absolute atomic E-state index is 0.110. The predicted octanol–water partition coefficient (Wildman–Crippen LogP) is 3.80. The highest BCUT2D eigenvalue weighted by Crippen LogP contribution is 2.33. The standard InChI is InChI=1S/C18H20ClN3O2S/c1-11-16(12-6-8-22(11)9-7-12)21-17(23)18-20-10-15(25-18)24-14-4-2-13(19)3-5-14/h2-5,10-12,16H,6-9H2,1H3,(H,21,23)/t11-,16-/m0/s1. The zero-order valence-corrected chi connectivity index (χ0v) is 15.5. The van der Waals surface area contributed by atoms with Crippen LogP contribution in [-0.4, -0.2) is 41.0 Å². The number of aromatic nitrogens is 1. The normalized spacial score (nSPS) is 27.9. The van der Waals surface area contributed by atoms with E-state index in [4.69, 9.17) is 16.3 Å². The summed E-state index contributed by atoms with van der Waals surface area (Å²) in [7, 11) is 0. The van der Waals surface area contributed by atoms with Crippen molar-refractivity contribution in [3.05, 3.63) is 40.5 Å². The van der Waals surface area contributed by atoms with Crippen LogP contribution in [0.15, 0.2) is 30.5 Å². The van der Waals surface area contributed by atoms with Crippen LogP contribution in [0.3, 0.4) is 0 Å². The van der Waals surface area contributed by atoms with Crippen molar-refractivity contribution in [3.63, 3.8) is 0 Å². The number of piperidine rings is 3. The molecule has 3 aliphatic heterocycles. The van der Waals surface area contributed by atoms with Crippen LogP contribution < -0.4 is 10.1 Å². The van der Waals surface area contributed by atoms with Crippen molar-refractivity contribution in [2.45, 2.75) is 31.8 Å². The first kappa shape index (κ1) is 16.8. The zero-order chi connectivity index (χ0) is 17.4. The third kappa shape index (κ3) is 3.52. The fourth-order valence-electron chi connectivity index (χ4n) is 3.79. The summed E-state index contributed by atoms with van der Waals surface area (Å²) in [6.07, 6.45) is 3.92. The Morgan fingerprint density at radius 3 is 2.72 bits per heavy atom. The van der Waals surface area contributed by atoms with Crippen LogP contribution in [0.5, 0.6) is 10.8 Å². The number of carbonyl (C=O) groups is 1. The Morgan fingerprint density at radius 2 is 2.04 bits per heavy atom. The van der Waals surface area contributed by atoms with Gasteiger partial charge in [0.05, 0.1) is 6.20 Å². The summed E-state index contributed by atoms with van der Waals surface area (Å²) in [6.45, 7) is 4.50. The number of nitrogens with zero attached hydrogens (tertiary/aromatic N) is 2. The molecule has 0 unspecified atom stereocenters. The molecule has 4 heterocycles. The molecular formula is C18H20ClN3O2S. The number of ether oxygens (including phenoxy) is 1. The number of hydrogen-bond acceptors (Lipinski definition) is 5. The van der Waals surface area contributed by atoms with Crippen molar-refractivity contribution >= 4 is 28.8 Å². The van der Waals surface area contributed by atoms with Crippen molar-refractivity contribution < 1.29 is 9.53 Å². The molecule has 132 valence electrons. The maximum Gasteiger partial charge on any atom is 0.280 e. The van der Waals surface area contributed by atoms with Crippen LogP contribution in [-0.2, 0) is 0 Å². The monoisotopic (exact) mass is 377 g/mol. The molecule has 0 spiro atoms. The molecule has 5 nitrogen and oxygen atoms in total. The van der Waals surface area contributed by atoms with Gasteiger partial charge in [-0.15, -0.1) is 0 Å². The molecule has 2 aromatic rings. The quantitative estimate of drug-likeness (QED) is 0.880. The van der Waals surface area contributed by atoms with Gasteiger partial charge in [0.1, 0.15) is 5.75 Å². The van der Waals surface area contributed by atoms with Crippen LogP contribution in [0, 0.1) is 5.92 Å². The first-order chi connectivity index (χ1) is 12.1. The molecule has 2 atom stereocenters. The van der Waals surface area contributed by atoms with E-state index in [0.29, 0.717) is 32.8 Å². The average Bonchev–Trinajstić information content (AvgIpc) is 3.09. The highest BCUT2D eigenvalue weighted by atomic mass is 35.5. The third-order valence-corrected chi connectivity index (χ3v) is 6.31. The van der Waals surface area contributed by atoms with Crippen LogP contribution >= 0.6 is 22.9 Å². The molecule has 3 saturated heterocycles. The van der Waals surface area contributed by atoms with E-state index in [2.05, 4.69) is 22.1 Å². The van der Waals surface area contributed by atoms with Crippen LogP contribution in [0.2, 0.25) is 5.02 Å². The molecule has 25 heavy (non-hydrogen) atoms. The summed E-state index contributed by atoms with van der Waals surface area (Å²) in [5.41, 5.74) is 0. The van der Waals surface area contributed by atoms with Gasteiger partial charge in [0, 0.05) is 17.1 Å². The molecule has 7 heteroatoms. The lowest BCUT2D eigenvalue weighted by Crippen LogP contribution is -2.62. The predicted molar refractivity (Wildman–Crippen MR) is 98.7 cm³/mol. The second kappa shape index (κ2) is 6.94. The maximum atomic E-state index is 12.6. The molecule has 1 aromatic heterocycles. The Bertz CT molecular complexity index is 754. The van der Waals surface area contributed by atoms with E-state index >= 15 is 0 Å². The number of fused-ring (bicyclic) bond motifs is 3. The summed E-state index contributed by atoms with van der Waals surface area (Å²) < 4.78 is 5.73. The molecule has 3 fully saturated rings. The number of thiazole rings is 1. The molecule has 0 aliphatic carbocycles. The highest BCUT2D eigenvalue weighted by molar-refractivity contribution is 7.15. The second-order valence-corrected chi connectivity index (χ2v) is 8.08. The fourth-order valence-corrected chi connectivity index (χ4v) is 4.61. The van der Waals surface area contributed by atoms with Gasteiger partial charge in [-0.05, 0) is 63.0 Å². The molecule has 2 bridgehead atoms. The first-order valence-electron chi connectivity index (χ1n) is 8.54. The molecule has 3 aliphatic rings. The third-order valence-electron chi connectivity index (χ3n) is 5.19. The second-order valence-electron chi connectivity index (χ2n) is 6.65. The van der Waals surface area contributed by atoms with Crippen molar-refractivity contribution in [2.24, 2.45) is 5.92 Å². The molecule has 0 saturated carbocycles. The van der Waals surface area contributed by atoms with Crippen LogP contribution in [0.1, 0.15) is 29.6 Å². The molecule has 5 rings (SSSR count). The van der Waals surface area contributed by atoms with Crippen molar-refractivity contribution in [1.29, 1.82) is 0 Å². The Hall–Kier alpha value is -1.63. The fraction of sp³-hybridized carbons (Fsp3) is 0.444. The van der Waals surface area contributed by atoms with Gasteiger partial charge in [0.2, 0.25) is 5.06 Å². The van der Waals surface area contributed by atoms with E-state index in [1.807, 2.05) is 0 Å². The molecule has 1 aromatic carbocycles. The Labute approximate surface area is 156 Å². The Morgan fingerprint density at radius 1 is 1.32 bits per heavy atom. The minimum Gasteiger partial charge on any atom is -0.445 e. The maximum absolute atomic E-state index is 12.6. The zero-order valence-electron chi connectivity index (χ0n) is 13.9. The van der Waals surface area contributed by atoms with Crippen molar-refractivity contribution in [2.75, 3.05) is 13.1 Å². The number of hydrogen-bond donors (Lipinski definition) is 1. The van der Waals surface area contributed by atoms with Crippen molar-refractivity contribution in [1.82, 2.24) is 15.2 Å². The lowest BCUT2D eigenvalue weighted by Gasteiger charge is -2.49. The van der Waals surface area contributed by atoms with Gasteiger partial charge in [0.15, 0.2) is 5.01 Å². The van der Waals surface area contributed by atoms with Crippen LogP contribution in [0.4, 0.5) is 0 Å². The summed E-state index contributed by atoms with van der Waals surface area (Å²) in [4.78, 5) is 19.3. The van der Waals surface area contributed by atoms with E-state index in [0.717, 1.165) is 25.9 Å². The topological polar surface area (TPSA) is 54.5 Å². The molecular weight excluding hydrogens is 358 g/mol. The van der Waals surface area contributed by atoms with Gasteiger partial charge in [0.25, 0.3) is 5.91 Å². The lowest BCUT2D eigenvalue weighted by atomic mass is 9.79. The van der Waals surface area contributed by atoms with Crippen LogP contribution in [0.25, 0.3) is 0 Å². The number of halogens is 1. The average molecular weight is 378 g/mol. The van der Waals surface area contributed by atoms with E-state index in [1.165, 1.54) is 11.3 Å². The highest BCUT2D eigenvalue weighted by Gasteiger charge is 2.40. The number of benzene rings is 1. The summed E-state index contributed by atoms with van der Waals surface area (Å²) in [5, 5.41) is 4.88. The van der Waals surface area contributed by atoms with Gasteiger partial charge < -0.3 is 10.1 Å². The van der Waals surface area contributed by atoms with E-state index in [1.54, 1.807) is 30.5 Å². The van der Waals surface area contributed by atoms with Gasteiger partial charge in [-0.2, -0.15) is 0 Å². The van der Waals surface area contributed by atoms with E-state index in [-0.39, 0.29) is 11.9 Å². The Kier molecular flexibility index (Phi) is 4.67. The molecule has 1 amide bonds. The summed E-state index contributed by atoms with van der Waals surface area (Å²) >= 11 is 7.13. The number of nitrogens with one attached hydrogen (secondary N) is 1. The van der Waals surface area contributed by atoms with Gasteiger partial charge in [-0.25, -0.2) is 4.98 Å². The van der Waals surface area contributed by atoms with Crippen molar-refractivity contribution in [3.8, 4) is 10.8 Å². The van der Waals surface area contributed by atoms with E-state index < -0.39 is 0 Å². The molecule has 0 radical (unpaired) electrons. The largest absolute Gasteiger partial charge is 0.445 e.